The van der Waals surface area contributed by atoms with Crippen molar-refractivity contribution in [2.45, 2.75) is 19.3 Å². The van der Waals surface area contributed by atoms with Gasteiger partial charge in [0.1, 0.15) is 14.1 Å². The van der Waals surface area contributed by atoms with E-state index in [0.717, 1.165) is 0 Å². The van der Waals surface area contributed by atoms with E-state index in [1.165, 1.54) is 30.5 Å². The highest BCUT2D eigenvalue weighted by Crippen LogP contribution is 2.20. The lowest BCUT2D eigenvalue weighted by molar-refractivity contribution is -0.464. The van der Waals surface area contributed by atoms with E-state index in [1.54, 1.807) is 7.11 Å². The molecule has 0 unspecified atom stereocenters. The average Bonchev–Trinajstić information content (AvgIpc) is 2.36. The van der Waals surface area contributed by atoms with Crippen LogP contribution in [0.3, 0.4) is 0 Å². The number of hydrogen-bond acceptors (Lipinski definition) is 1. The summed E-state index contributed by atoms with van der Waals surface area (Å²) in [6.07, 6.45) is 5.49. The molecular weight excluding hydrogens is 138 g/mol. The summed E-state index contributed by atoms with van der Waals surface area (Å²) in [7, 11) is 5.88. The van der Waals surface area contributed by atoms with E-state index in [1.807, 2.05) is 6.26 Å². The van der Waals surface area contributed by atoms with Crippen LogP contribution in [0, 0.1) is 0 Å². The van der Waals surface area contributed by atoms with Gasteiger partial charge in [-0.3, -0.25) is 0 Å². The maximum absolute atomic E-state index is 5.00. The van der Waals surface area contributed by atoms with Crippen molar-refractivity contribution in [3.63, 3.8) is 0 Å². The molecule has 0 aromatic rings. The smallest absolute Gasteiger partial charge is 0.181 e. The average molecular weight is 154 g/mol. The lowest BCUT2D eigenvalue weighted by Crippen LogP contribution is -2.10. The number of allylic oxidation sites excluding steroid dienone is 1. The van der Waals surface area contributed by atoms with Gasteiger partial charge in [0.25, 0.3) is 0 Å². The van der Waals surface area contributed by atoms with Gasteiger partial charge in [-0.25, -0.2) is 4.58 Å². The van der Waals surface area contributed by atoms with Gasteiger partial charge in [0.15, 0.2) is 5.71 Å². The first-order valence-electron chi connectivity index (χ1n) is 4.01. The summed E-state index contributed by atoms with van der Waals surface area (Å²) in [6, 6.07) is 0. The van der Waals surface area contributed by atoms with Crippen LogP contribution in [0.25, 0.3) is 0 Å². The van der Waals surface area contributed by atoms with Crippen LogP contribution >= 0.6 is 0 Å². The van der Waals surface area contributed by atoms with Gasteiger partial charge >= 0.3 is 0 Å². The van der Waals surface area contributed by atoms with Crippen LogP contribution in [-0.4, -0.2) is 31.5 Å². The Morgan fingerprint density at radius 1 is 1.36 bits per heavy atom. The lowest BCUT2D eigenvalue weighted by atomic mass is 10.2. The van der Waals surface area contributed by atoms with Gasteiger partial charge in [0, 0.05) is 6.42 Å². The van der Waals surface area contributed by atoms with Crippen molar-refractivity contribution in [1.29, 1.82) is 0 Å². The van der Waals surface area contributed by atoms with E-state index >= 15 is 0 Å². The van der Waals surface area contributed by atoms with Crippen LogP contribution in [-0.2, 0) is 4.74 Å². The first-order valence-corrected chi connectivity index (χ1v) is 4.01. The molecule has 0 radical (unpaired) electrons. The second-order valence-electron chi connectivity index (χ2n) is 3.07. The van der Waals surface area contributed by atoms with Gasteiger partial charge in [-0.05, 0) is 12.8 Å². The number of ether oxygens (including phenoxy) is 1. The molecule has 1 saturated carbocycles. The Hall–Kier alpha value is -0.790. The Labute approximate surface area is 68.2 Å². The van der Waals surface area contributed by atoms with Crippen LogP contribution in [0.1, 0.15) is 19.3 Å². The number of hydrogen-bond donors (Lipinski definition) is 0. The highest BCUT2D eigenvalue weighted by Gasteiger charge is 2.21. The molecule has 2 heteroatoms. The summed E-state index contributed by atoms with van der Waals surface area (Å²) in [5.41, 5.74) is 2.78. The highest BCUT2D eigenvalue weighted by molar-refractivity contribution is 5.98. The minimum absolute atomic E-state index is 1.17. The van der Waals surface area contributed by atoms with Gasteiger partial charge in [0.2, 0.25) is 0 Å². The van der Waals surface area contributed by atoms with Crippen molar-refractivity contribution in [1.82, 2.24) is 0 Å². The summed E-state index contributed by atoms with van der Waals surface area (Å²) in [5, 5.41) is 0. The number of methoxy groups -OCH3 is 1. The zero-order valence-corrected chi connectivity index (χ0v) is 7.55. The molecule has 0 aromatic heterocycles. The quantitative estimate of drug-likeness (QED) is 0.411. The summed E-state index contributed by atoms with van der Waals surface area (Å²) >= 11 is 0. The topological polar surface area (TPSA) is 12.2 Å². The van der Waals surface area contributed by atoms with Crippen LogP contribution in [0.5, 0.6) is 0 Å². The molecule has 1 aliphatic carbocycles. The fourth-order valence-corrected chi connectivity index (χ4v) is 1.53. The fraction of sp³-hybridized carbons (Fsp3) is 0.667. The van der Waals surface area contributed by atoms with E-state index in [-0.39, 0.29) is 0 Å². The van der Waals surface area contributed by atoms with Crippen molar-refractivity contribution >= 4 is 5.71 Å². The molecule has 11 heavy (non-hydrogen) atoms. The SMILES string of the molecule is COC=C1CCCC1=[N+](C)C. The molecule has 0 amide bonds. The first-order chi connectivity index (χ1) is 5.25. The molecule has 1 aliphatic rings. The fourth-order valence-electron chi connectivity index (χ4n) is 1.53. The van der Waals surface area contributed by atoms with Crippen LogP contribution in [0.4, 0.5) is 0 Å². The van der Waals surface area contributed by atoms with E-state index in [2.05, 4.69) is 18.7 Å². The van der Waals surface area contributed by atoms with E-state index in [4.69, 9.17) is 4.74 Å². The zero-order chi connectivity index (χ0) is 8.27. The third-order valence-corrected chi connectivity index (χ3v) is 2.03. The minimum Gasteiger partial charge on any atom is -0.504 e. The Morgan fingerprint density at radius 2 is 2.09 bits per heavy atom. The third-order valence-electron chi connectivity index (χ3n) is 2.03. The first kappa shape index (κ1) is 8.31. The maximum atomic E-state index is 5.00. The Bertz CT molecular complexity index is 200. The molecule has 1 rings (SSSR count). The molecule has 62 valence electrons. The molecule has 0 N–H and O–H groups in total. The zero-order valence-electron chi connectivity index (χ0n) is 7.55. The second-order valence-corrected chi connectivity index (χ2v) is 3.07. The Balaban J connectivity index is 2.82. The standard InChI is InChI=1S/C9H16NO/c1-10(2)9-6-4-5-8(9)7-11-3/h7H,4-6H2,1-3H3/q+1. The molecule has 0 atom stereocenters. The van der Waals surface area contributed by atoms with E-state index in [0.29, 0.717) is 0 Å². The van der Waals surface area contributed by atoms with Gasteiger partial charge in [-0.2, -0.15) is 0 Å². The second kappa shape index (κ2) is 3.56. The lowest BCUT2D eigenvalue weighted by Gasteiger charge is -1.96. The molecular formula is C9H16NO+. The predicted octanol–water partition coefficient (Wildman–Crippen LogP) is 1.41. The van der Waals surface area contributed by atoms with Crippen molar-refractivity contribution < 1.29 is 9.31 Å². The maximum Gasteiger partial charge on any atom is 0.181 e. The third kappa shape index (κ3) is 1.82. The van der Waals surface area contributed by atoms with Crippen molar-refractivity contribution in [2.24, 2.45) is 0 Å². The molecule has 0 heterocycles. The molecule has 2 nitrogen and oxygen atoms in total. The summed E-state index contributed by atoms with van der Waals surface area (Å²) in [5.74, 6) is 0. The molecule has 0 bridgehead atoms. The van der Waals surface area contributed by atoms with Crippen LogP contribution < -0.4 is 0 Å². The van der Waals surface area contributed by atoms with Gasteiger partial charge in [-0.1, -0.05) is 0 Å². The summed E-state index contributed by atoms with van der Waals surface area (Å²) in [6.45, 7) is 0. The molecule has 0 aromatic carbocycles. The molecule has 0 spiro atoms. The van der Waals surface area contributed by atoms with Crippen LogP contribution in [0.2, 0.25) is 0 Å². The monoisotopic (exact) mass is 154 g/mol. The largest absolute Gasteiger partial charge is 0.504 e. The summed E-state index contributed by atoms with van der Waals surface area (Å²) < 4.78 is 7.18. The van der Waals surface area contributed by atoms with Crippen LogP contribution in [0.15, 0.2) is 11.8 Å². The van der Waals surface area contributed by atoms with Gasteiger partial charge < -0.3 is 4.74 Å². The van der Waals surface area contributed by atoms with Crippen molar-refractivity contribution in [3.05, 3.63) is 11.8 Å². The van der Waals surface area contributed by atoms with Gasteiger partial charge in [0.05, 0.1) is 18.9 Å². The van der Waals surface area contributed by atoms with Gasteiger partial charge in [-0.15, -0.1) is 0 Å². The Kier molecular flexibility index (Phi) is 2.69. The number of rotatable bonds is 1. The normalized spacial score (nSPS) is 21.0. The predicted molar refractivity (Wildman–Crippen MR) is 46.1 cm³/mol. The molecule has 1 fully saturated rings. The van der Waals surface area contributed by atoms with Crippen molar-refractivity contribution in [2.75, 3.05) is 21.2 Å². The molecule has 0 saturated heterocycles. The molecule has 0 aliphatic heterocycles. The number of nitrogens with zero attached hydrogens (tertiary/aromatic N) is 1. The summed E-state index contributed by atoms with van der Waals surface area (Å²) in [4.78, 5) is 0. The van der Waals surface area contributed by atoms with Crippen molar-refractivity contribution in [3.8, 4) is 0 Å². The minimum atomic E-state index is 1.17. The van der Waals surface area contributed by atoms with E-state index in [9.17, 15) is 0 Å². The van der Waals surface area contributed by atoms with E-state index < -0.39 is 0 Å². The highest BCUT2D eigenvalue weighted by atomic mass is 16.5. The Morgan fingerprint density at radius 3 is 2.64 bits per heavy atom.